The highest BCUT2D eigenvalue weighted by Gasteiger charge is 2.24. The lowest BCUT2D eigenvalue weighted by Crippen LogP contribution is -2.44. The number of hydrogen-bond acceptors (Lipinski definition) is 4. The number of likely N-dealkylation sites (N-methyl/N-ethyl adjacent to an activating group) is 2. The third kappa shape index (κ3) is 4.32. The molecule has 140 valence electrons. The molecule has 2 aromatic rings. The van der Waals surface area contributed by atoms with Gasteiger partial charge in [-0.2, -0.15) is 0 Å². The average molecular weight is 374 g/mol. The molecular weight excluding hydrogens is 346 g/mol. The van der Waals surface area contributed by atoms with Gasteiger partial charge in [0.25, 0.3) is 0 Å². The maximum Gasteiger partial charge on any atom is 0.240 e. The molecular formula is C20H27N3O2S. The molecule has 1 unspecified atom stereocenters. The fourth-order valence-corrected chi connectivity index (χ4v) is 4.28. The highest BCUT2D eigenvalue weighted by molar-refractivity contribution is 7.89. The monoisotopic (exact) mass is 373 g/mol. The predicted molar refractivity (Wildman–Crippen MR) is 104 cm³/mol. The van der Waals surface area contributed by atoms with Crippen molar-refractivity contribution in [1.82, 2.24) is 14.5 Å². The van der Waals surface area contributed by atoms with Crippen LogP contribution in [0.15, 0.2) is 53.4 Å². The Morgan fingerprint density at radius 1 is 1.12 bits per heavy atom. The molecule has 1 aliphatic rings. The molecule has 1 atom stereocenters. The molecule has 6 heteroatoms. The Hall–Kier alpha value is -1.73. The van der Waals surface area contributed by atoms with Crippen LogP contribution in [0.1, 0.15) is 16.7 Å². The van der Waals surface area contributed by atoms with E-state index in [9.17, 15) is 8.42 Å². The van der Waals surface area contributed by atoms with Crippen molar-refractivity contribution in [3.63, 3.8) is 0 Å². The van der Waals surface area contributed by atoms with Crippen LogP contribution in [-0.2, 0) is 29.5 Å². The maximum atomic E-state index is 11.8. The lowest BCUT2D eigenvalue weighted by atomic mass is 9.94. The van der Waals surface area contributed by atoms with E-state index in [-0.39, 0.29) is 0 Å². The Bertz CT molecular complexity index is 850. The molecule has 26 heavy (non-hydrogen) atoms. The average Bonchev–Trinajstić information content (AvgIpc) is 2.63. The van der Waals surface area contributed by atoms with Crippen LogP contribution in [-0.4, -0.2) is 51.9 Å². The minimum Gasteiger partial charge on any atom is -0.301 e. The topological polar surface area (TPSA) is 52.7 Å². The largest absolute Gasteiger partial charge is 0.301 e. The van der Waals surface area contributed by atoms with Crippen molar-refractivity contribution in [2.24, 2.45) is 0 Å². The molecule has 0 radical (unpaired) electrons. The quantitative estimate of drug-likeness (QED) is 0.842. The van der Waals surface area contributed by atoms with E-state index in [1.807, 2.05) is 12.1 Å². The number of sulfonamides is 1. The molecule has 3 rings (SSSR count). The Labute approximate surface area is 156 Å². The third-order valence-electron chi connectivity index (χ3n) is 5.09. The van der Waals surface area contributed by atoms with E-state index >= 15 is 0 Å². The second-order valence-corrected chi connectivity index (χ2v) is 8.98. The molecule has 1 aliphatic heterocycles. The summed E-state index contributed by atoms with van der Waals surface area (Å²) in [6, 6.07) is 16.3. The van der Waals surface area contributed by atoms with Crippen LogP contribution in [0.2, 0.25) is 0 Å². The fourth-order valence-electron chi connectivity index (χ4n) is 3.55. The first-order chi connectivity index (χ1) is 12.4. The highest BCUT2D eigenvalue weighted by atomic mass is 32.2. The van der Waals surface area contributed by atoms with Crippen LogP contribution < -0.4 is 4.72 Å². The second-order valence-electron chi connectivity index (χ2n) is 7.09. The molecule has 0 fully saturated rings. The number of fused-ring (bicyclic) bond motifs is 1. The van der Waals surface area contributed by atoms with E-state index < -0.39 is 10.0 Å². The summed E-state index contributed by atoms with van der Waals surface area (Å²) in [6.45, 7) is 2.76. The van der Waals surface area contributed by atoms with Crippen molar-refractivity contribution in [3.8, 4) is 0 Å². The molecule has 0 aliphatic carbocycles. The summed E-state index contributed by atoms with van der Waals surface area (Å²) in [4.78, 5) is 5.02. The van der Waals surface area contributed by atoms with Crippen molar-refractivity contribution in [3.05, 3.63) is 65.2 Å². The van der Waals surface area contributed by atoms with Gasteiger partial charge in [0.05, 0.1) is 4.90 Å². The van der Waals surface area contributed by atoms with Crippen molar-refractivity contribution in [2.75, 3.05) is 27.7 Å². The SMILES string of the molecule is CNS(=O)(=O)c1ccc(CN(C)CC2Cc3ccccc3CN2C)cc1. The first-order valence-electron chi connectivity index (χ1n) is 8.87. The Morgan fingerprint density at radius 2 is 1.77 bits per heavy atom. The predicted octanol–water partition coefficient (Wildman–Crippen LogP) is 2.08. The first kappa shape index (κ1) is 19.0. The molecule has 2 aromatic carbocycles. The van der Waals surface area contributed by atoms with E-state index in [2.05, 4.69) is 52.9 Å². The third-order valence-corrected chi connectivity index (χ3v) is 6.52. The summed E-state index contributed by atoms with van der Waals surface area (Å²) in [7, 11) is 2.36. The molecule has 0 bridgehead atoms. The van der Waals surface area contributed by atoms with Crippen LogP contribution in [0, 0.1) is 0 Å². The van der Waals surface area contributed by atoms with E-state index in [1.165, 1.54) is 18.2 Å². The minimum atomic E-state index is -3.37. The van der Waals surface area contributed by atoms with Crippen LogP contribution in [0.25, 0.3) is 0 Å². The second kappa shape index (κ2) is 7.88. The zero-order chi connectivity index (χ0) is 18.7. The van der Waals surface area contributed by atoms with Crippen molar-refractivity contribution in [2.45, 2.75) is 30.4 Å². The normalized spacial score (nSPS) is 18.1. The summed E-state index contributed by atoms with van der Waals surface area (Å²) in [5, 5.41) is 0. The molecule has 0 amide bonds. The summed E-state index contributed by atoms with van der Waals surface area (Å²) in [5.74, 6) is 0. The molecule has 0 spiro atoms. The fraction of sp³-hybridized carbons (Fsp3) is 0.400. The zero-order valence-corrected chi connectivity index (χ0v) is 16.5. The molecule has 5 nitrogen and oxygen atoms in total. The van der Waals surface area contributed by atoms with E-state index in [1.54, 1.807) is 12.1 Å². The lowest BCUT2D eigenvalue weighted by molar-refractivity contribution is 0.158. The van der Waals surface area contributed by atoms with Crippen molar-refractivity contribution < 1.29 is 8.42 Å². The number of hydrogen-bond donors (Lipinski definition) is 1. The number of rotatable bonds is 6. The van der Waals surface area contributed by atoms with Gasteiger partial charge >= 0.3 is 0 Å². The van der Waals surface area contributed by atoms with Crippen LogP contribution >= 0.6 is 0 Å². The summed E-state index contributed by atoms with van der Waals surface area (Å²) in [6.07, 6.45) is 1.07. The summed E-state index contributed by atoms with van der Waals surface area (Å²) in [5.41, 5.74) is 3.99. The van der Waals surface area contributed by atoms with Gasteiger partial charge in [0.15, 0.2) is 0 Å². The van der Waals surface area contributed by atoms with Crippen LogP contribution in [0.3, 0.4) is 0 Å². The summed E-state index contributed by atoms with van der Waals surface area (Å²) < 4.78 is 26.0. The van der Waals surface area contributed by atoms with Gasteiger partial charge in [0.2, 0.25) is 10.0 Å². The number of nitrogens with zero attached hydrogens (tertiary/aromatic N) is 2. The van der Waals surface area contributed by atoms with Gasteiger partial charge in [-0.25, -0.2) is 13.1 Å². The molecule has 0 saturated heterocycles. The Balaban J connectivity index is 1.61. The van der Waals surface area contributed by atoms with Gasteiger partial charge < -0.3 is 4.90 Å². The first-order valence-corrected chi connectivity index (χ1v) is 10.4. The zero-order valence-electron chi connectivity index (χ0n) is 15.6. The van der Waals surface area contributed by atoms with E-state index in [0.29, 0.717) is 10.9 Å². The smallest absolute Gasteiger partial charge is 0.240 e. The Kier molecular flexibility index (Phi) is 5.77. The van der Waals surface area contributed by atoms with Crippen LogP contribution in [0.5, 0.6) is 0 Å². The van der Waals surface area contributed by atoms with Gasteiger partial charge in [0, 0.05) is 25.7 Å². The highest BCUT2D eigenvalue weighted by Crippen LogP contribution is 2.22. The van der Waals surface area contributed by atoms with E-state index in [0.717, 1.165) is 31.6 Å². The van der Waals surface area contributed by atoms with Gasteiger partial charge in [-0.15, -0.1) is 0 Å². The van der Waals surface area contributed by atoms with Gasteiger partial charge in [-0.05, 0) is 56.4 Å². The molecule has 0 aromatic heterocycles. The van der Waals surface area contributed by atoms with E-state index in [4.69, 9.17) is 0 Å². The number of benzene rings is 2. The van der Waals surface area contributed by atoms with Gasteiger partial charge in [-0.1, -0.05) is 36.4 Å². The van der Waals surface area contributed by atoms with Crippen LogP contribution in [0.4, 0.5) is 0 Å². The lowest BCUT2D eigenvalue weighted by Gasteiger charge is -2.36. The number of nitrogens with one attached hydrogen (secondary N) is 1. The molecule has 1 N–H and O–H groups in total. The Morgan fingerprint density at radius 3 is 2.42 bits per heavy atom. The van der Waals surface area contributed by atoms with Gasteiger partial charge in [-0.3, -0.25) is 4.90 Å². The van der Waals surface area contributed by atoms with Crippen molar-refractivity contribution in [1.29, 1.82) is 0 Å². The minimum absolute atomic E-state index is 0.301. The molecule has 1 heterocycles. The summed E-state index contributed by atoms with van der Waals surface area (Å²) >= 11 is 0. The standard InChI is InChI=1S/C20H27N3O2S/c1-21-26(24,25)20-10-8-16(9-11-20)13-22(2)15-19-12-17-6-4-5-7-18(17)14-23(19)3/h4-11,19,21H,12-15H2,1-3H3. The van der Waals surface area contributed by atoms with Gasteiger partial charge in [0.1, 0.15) is 0 Å². The molecule has 0 saturated carbocycles. The van der Waals surface area contributed by atoms with Crippen molar-refractivity contribution >= 4 is 10.0 Å². The maximum absolute atomic E-state index is 11.8.